The third-order valence-electron chi connectivity index (χ3n) is 7.41. The number of ether oxygens (including phenoxy) is 2. The summed E-state index contributed by atoms with van der Waals surface area (Å²) in [6, 6.07) is 0. The number of fused-ring (bicyclic) bond motifs is 2. The number of nitrogens with zero attached hydrogens (tertiary/aromatic N) is 2. The van der Waals surface area contributed by atoms with Gasteiger partial charge in [0.15, 0.2) is 19.7 Å². The van der Waals surface area contributed by atoms with Gasteiger partial charge in [-0.05, 0) is 41.5 Å². The molecular weight excluding hydrogens is 572 g/mol. The van der Waals surface area contributed by atoms with Crippen LogP contribution in [0.5, 0.6) is 0 Å². The molecule has 2 amide bonds. The zero-order valence-corrected chi connectivity index (χ0v) is 25.1. The summed E-state index contributed by atoms with van der Waals surface area (Å²) in [6.07, 6.45) is -1.19. The third-order valence-corrected chi connectivity index (χ3v) is 11.1. The molecule has 4 aliphatic heterocycles. The lowest BCUT2D eigenvalue weighted by Crippen LogP contribution is -2.41. The van der Waals surface area contributed by atoms with E-state index < -0.39 is 89.2 Å². The van der Waals surface area contributed by atoms with Crippen molar-refractivity contribution in [1.29, 1.82) is 0 Å². The molecular formula is C24H38N2O12S2. The van der Waals surface area contributed by atoms with Gasteiger partial charge in [-0.3, -0.25) is 9.59 Å². The van der Waals surface area contributed by atoms with E-state index in [1.807, 2.05) is 0 Å². The molecule has 4 atom stereocenters. The van der Waals surface area contributed by atoms with Crippen LogP contribution in [0.25, 0.3) is 0 Å². The first-order chi connectivity index (χ1) is 17.9. The number of carboxylic acid groups (broad SMARTS) is 2. The Labute approximate surface area is 233 Å². The van der Waals surface area contributed by atoms with Crippen LogP contribution in [-0.2, 0) is 38.7 Å². The van der Waals surface area contributed by atoms with Gasteiger partial charge in [-0.25, -0.2) is 26.4 Å². The van der Waals surface area contributed by atoms with Gasteiger partial charge in [-0.1, -0.05) is 0 Å². The lowest BCUT2D eigenvalue weighted by Gasteiger charge is -2.26. The number of likely N-dealkylation sites (tertiary alicyclic amines) is 2. The summed E-state index contributed by atoms with van der Waals surface area (Å²) >= 11 is 0. The van der Waals surface area contributed by atoms with Gasteiger partial charge in [0.1, 0.15) is 22.0 Å². The second kappa shape index (κ2) is 10.0. The van der Waals surface area contributed by atoms with Gasteiger partial charge >= 0.3 is 24.1 Å². The molecule has 0 aromatic rings. The Hall–Kier alpha value is -2.62. The van der Waals surface area contributed by atoms with Crippen LogP contribution in [0.1, 0.15) is 41.5 Å². The van der Waals surface area contributed by atoms with Crippen molar-refractivity contribution < 1.29 is 55.7 Å². The molecule has 40 heavy (non-hydrogen) atoms. The second-order valence-corrected chi connectivity index (χ2v) is 17.4. The van der Waals surface area contributed by atoms with Gasteiger partial charge in [0.05, 0.1) is 23.0 Å². The van der Waals surface area contributed by atoms with E-state index in [0.717, 1.165) is 0 Å². The largest absolute Gasteiger partial charge is 0.481 e. The van der Waals surface area contributed by atoms with Crippen LogP contribution in [0.3, 0.4) is 0 Å². The predicted octanol–water partition coefficient (Wildman–Crippen LogP) is 0.705. The number of aliphatic carboxylic acids is 2. The fourth-order valence-corrected chi connectivity index (χ4v) is 10.5. The zero-order chi connectivity index (χ0) is 30.7. The Morgan fingerprint density at radius 1 is 0.675 bits per heavy atom. The highest BCUT2D eigenvalue weighted by molar-refractivity contribution is 7.92. The van der Waals surface area contributed by atoms with Gasteiger partial charge in [0.25, 0.3) is 0 Å². The number of hydrogen-bond acceptors (Lipinski definition) is 10. The highest BCUT2D eigenvalue weighted by atomic mass is 32.2. The molecule has 4 heterocycles. The quantitative estimate of drug-likeness (QED) is 0.444. The van der Waals surface area contributed by atoms with Crippen molar-refractivity contribution in [1.82, 2.24) is 9.80 Å². The molecule has 228 valence electrons. The van der Waals surface area contributed by atoms with E-state index in [-0.39, 0.29) is 37.7 Å². The topological polar surface area (TPSA) is 202 Å². The summed E-state index contributed by atoms with van der Waals surface area (Å²) in [5.41, 5.74) is -4.10. The van der Waals surface area contributed by atoms with E-state index in [0.29, 0.717) is 0 Å². The molecule has 0 radical (unpaired) electrons. The Balaban J connectivity index is 0.000000220. The van der Waals surface area contributed by atoms with Crippen LogP contribution in [-0.4, -0.2) is 121 Å². The summed E-state index contributed by atoms with van der Waals surface area (Å²) in [5, 5.41) is 18.8. The molecule has 4 saturated heterocycles. The average Bonchev–Trinajstić information content (AvgIpc) is 3.38. The normalized spacial score (nSPS) is 31.9. The molecule has 16 heteroatoms. The van der Waals surface area contributed by atoms with E-state index in [4.69, 9.17) is 9.47 Å². The van der Waals surface area contributed by atoms with Crippen LogP contribution >= 0.6 is 0 Å². The van der Waals surface area contributed by atoms with E-state index in [9.17, 15) is 46.2 Å². The highest BCUT2D eigenvalue weighted by Gasteiger charge is 2.62. The number of rotatable bonds is 2. The summed E-state index contributed by atoms with van der Waals surface area (Å²) < 4.78 is 57.1. The SMILES string of the molecule is CC(C)(C)OC(=O)N1C[C@@H]2CS(=O)(=O)C[C@]2(C(=O)O)C1.CC(C)(C)OC(=O)N1C[C@H]2CS(=O)(=O)C[C@@]2(C(=O)O)C1. The minimum Gasteiger partial charge on any atom is -0.481 e. The standard InChI is InChI=1S/2C12H19NO6S/c2*1-11(2,3)19-10(16)13-4-8-5-20(17,18)7-12(8,6-13)9(14)15/h2*8H,4-7H2,1-3H3,(H,14,15)/t2*8-,12-/m10/s1. The lowest BCUT2D eigenvalue weighted by atomic mass is 9.81. The first-order valence-electron chi connectivity index (χ1n) is 12.7. The molecule has 2 N–H and O–H groups in total. The molecule has 0 aromatic carbocycles. The molecule has 0 spiro atoms. The maximum atomic E-state index is 12.0. The second-order valence-electron chi connectivity index (χ2n) is 13.1. The summed E-state index contributed by atoms with van der Waals surface area (Å²) in [5.74, 6) is -4.60. The van der Waals surface area contributed by atoms with Crippen LogP contribution in [0.4, 0.5) is 9.59 Å². The van der Waals surface area contributed by atoms with Crippen LogP contribution in [0, 0.1) is 22.7 Å². The van der Waals surface area contributed by atoms with E-state index in [1.165, 1.54) is 9.80 Å². The van der Waals surface area contributed by atoms with Crippen molar-refractivity contribution in [2.45, 2.75) is 52.7 Å². The molecule has 0 bridgehead atoms. The first kappa shape index (κ1) is 31.9. The molecule has 0 aromatic heterocycles. The van der Waals surface area contributed by atoms with Crippen LogP contribution < -0.4 is 0 Å². The van der Waals surface area contributed by atoms with Crippen molar-refractivity contribution in [3.8, 4) is 0 Å². The third kappa shape index (κ3) is 6.64. The highest BCUT2D eigenvalue weighted by Crippen LogP contribution is 2.45. The smallest absolute Gasteiger partial charge is 0.410 e. The number of sulfone groups is 2. The molecule has 4 aliphatic rings. The molecule has 0 saturated carbocycles. The number of carbonyl (C=O) groups is 4. The number of hydrogen-bond donors (Lipinski definition) is 2. The maximum absolute atomic E-state index is 12.0. The fourth-order valence-electron chi connectivity index (χ4n) is 5.76. The zero-order valence-electron chi connectivity index (χ0n) is 23.5. The predicted molar refractivity (Wildman–Crippen MR) is 140 cm³/mol. The Bertz CT molecular complexity index is 1200. The molecule has 0 aliphatic carbocycles. The van der Waals surface area contributed by atoms with Crippen molar-refractivity contribution in [2.75, 3.05) is 49.2 Å². The lowest BCUT2D eigenvalue weighted by molar-refractivity contribution is -0.149. The number of carboxylic acids is 2. The average molecular weight is 611 g/mol. The van der Waals surface area contributed by atoms with Gasteiger partial charge in [-0.15, -0.1) is 0 Å². The van der Waals surface area contributed by atoms with Gasteiger partial charge in [0, 0.05) is 38.0 Å². The van der Waals surface area contributed by atoms with Crippen LogP contribution in [0.2, 0.25) is 0 Å². The molecule has 4 fully saturated rings. The molecule has 0 unspecified atom stereocenters. The monoisotopic (exact) mass is 610 g/mol. The van der Waals surface area contributed by atoms with Crippen molar-refractivity contribution >= 4 is 43.8 Å². The summed E-state index contributed by atoms with van der Waals surface area (Å²) in [4.78, 5) is 49.6. The summed E-state index contributed by atoms with van der Waals surface area (Å²) in [6.45, 7) is 10.3. The Morgan fingerprint density at radius 2 is 0.975 bits per heavy atom. The van der Waals surface area contributed by atoms with Crippen molar-refractivity contribution in [3.05, 3.63) is 0 Å². The van der Waals surface area contributed by atoms with E-state index >= 15 is 0 Å². The van der Waals surface area contributed by atoms with Gasteiger partial charge < -0.3 is 29.5 Å². The maximum Gasteiger partial charge on any atom is 0.410 e. The summed E-state index contributed by atoms with van der Waals surface area (Å²) in [7, 11) is -6.71. The van der Waals surface area contributed by atoms with E-state index in [2.05, 4.69) is 0 Å². The minimum absolute atomic E-state index is 0.110. The van der Waals surface area contributed by atoms with Gasteiger partial charge in [-0.2, -0.15) is 0 Å². The van der Waals surface area contributed by atoms with Gasteiger partial charge in [0.2, 0.25) is 0 Å². The minimum atomic E-state index is -3.35. The number of carbonyl (C=O) groups excluding carboxylic acids is 2. The van der Waals surface area contributed by atoms with Crippen LogP contribution in [0.15, 0.2) is 0 Å². The van der Waals surface area contributed by atoms with Crippen molar-refractivity contribution in [2.24, 2.45) is 22.7 Å². The Morgan fingerprint density at radius 3 is 1.20 bits per heavy atom. The number of amides is 2. The van der Waals surface area contributed by atoms with E-state index in [1.54, 1.807) is 41.5 Å². The molecule has 14 nitrogen and oxygen atoms in total. The fraction of sp³-hybridized carbons (Fsp3) is 0.833. The first-order valence-corrected chi connectivity index (χ1v) is 16.4. The van der Waals surface area contributed by atoms with Crippen molar-refractivity contribution in [3.63, 3.8) is 0 Å². The molecule has 4 rings (SSSR count). The Kier molecular flexibility index (Phi) is 8.00.